The molecule has 0 atom stereocenters. The maximum Gasteiger partial charge on any atom is 0.198 e. The highest BCUT2D eigenvalue weighted by Gasteiger charge is 2.16. The van der Waals surface area contributed by atoms with Crippen LogP contribution < -0.4 is 9.47 Å². The summed E-state index contributed by atoms with van der Waals surface area (Å²) in [6, 6.07) is 22.3. The first-order valence-corrected chi connectivity index (χ1v) is 10.6. The zero-order valence-corrected chi connectivity index (χ0v) is 18.4. The van der Waals surface area contributed by atoms with Gasteiger partial charge in [-0.1, -0.05) is 48.0 Å². The number of ether oxygens (including phenoxy) is 2. The van der Waals surface area contributed by atoms with E-state index in [4.69, 9.17) is 24.4 Å². The van der Waals surface area contributed by atoms with Crippen molar-refractivity contribution < 1.29 is 9.47 Å². The molecule has 0 bridgehead atoms. The molecule has 2 heterocycles. The molecule has 0 unspecified atom stereocenters. The molecule has 6 heteroatoms. The van der Waals surface area contributed by atoms with Gasteiger partial charge < -0.3 is 14.0 Å². The molecule has 6 nitrogen and oxygen atoms in total. The van der Waals surface area contributed by atoms with Gasteiger partial charge in [0.25, 0.3) is 0 Å². The Balaban J connectivity index is 1.60. The van der Waals surface area contributed by atoms with Crippen LogP contribution in [0, 0.1) is 6.92 Å². The third kappa shape index (κ3) is 3.64. The Bertz CT molecular complexity index is 1410. The smallest absolute Gasteiger partial charge is 0.198 e. The Morgan fingerprint density at radius 2 is 1.50 bits per heavy atom. The average molecular weight is 425 g/mol. The van der Waals surface area contributed by atoms with Crippen LogP contribution in [-0.2, 0) is 13.0 Å². The second kappa shape index (κ2) is 8.30. The Kier molecular flexibility index (Phi) is 5.19. The molecule has 32 heavy (non-hydrogen) atoms. The first kappa shape index (κ1) is 20.0. The fourth-order valence-electron chi connectivity index (χ4n) is 3.91. The van der Waals surface area contributed by atoms with Gasteiger partial charge in [0, 0.05) is 12.1 Å². The van der Waals surface area contributed by atoms with Crippen LogP contribution >= 0.6 is 0 Å². The number of hydrogen-bond acceptors (Lipinski definition) is 5. The number of hydrogen-bond donors (Lipinski definition) is 0. The van der Waals surface area contributed by atoms with E-state index in [1.807, 2.05) is 36.4 Å². The lowest BCUT2D eigenvalue weighted by Gasteiger charge is -2.12. The minimum absolute atomic E-state index is 0.659. The van der Waals surface area contributed by atoms with Crippen LogP contribution in [0.2, 0.25) is 0 Å². The topological polar surface area (TPSA) is 62.1 Å². The van der Waals surface area contributed by atoms with Crippen molar-refractivity contribution in [3.8, 4) is 22.9 Å². The molecule has 2 aromatic heterocycles. The highest BCUT2D eigenvalue weighted by molar-refractivity contribution is 5.84. The Morgan fingerprint density at radius 3 is 2.22 bits per heavy atom. The molecule has 0 aliphatic rings. The molecule has 0 saturated heterocycles. The lowest BCUT2D eigenvalue weighted by molar-refractivity contribution is 0.354. The van der Waals surface area contributed by atoms with Crippen molar-refractivity contribution >= 4 is 22.3 Å². The normalized spacial score (nSPS) is 11.2. The number of aryl methyl sites for hydroxylation is 3. The lowest BCUT2D eigenvalue weighted by Crippen LogP contribution is -2.05. The summed E-state index contributed by atoms with van der Waals surface area (Å²) in [4.78, 5) is 14.6. The molecule has 5 rings (SSSR count). The van der Waals surface area contributed by atoms with Crippen LogP contribution in [0.4, 0.5) is 0 Å². The van der Waals surface area contributed by atoms with Gasteiger partial charge >= 0.3 is 0 Å². The van der Waals surface area contributed by atoms with E-state index < -0.39 is 0 Å². The second-order valence-electron chi connectivity index (χ2n) is 7.75. The van der Waals surface area contributed by atoms with Gasteiger partial charge in [-0.05, 0) is 43.2 Å². The Labute approximate surface area is 186 Å². The summed E-state index contributed by atoms with van der Waals surface area (Å²) < 4.78 is 13.0. The van der Waals surface area contributed by atoms with Crippen LogP contribution in [0.15, 0.2) is 66.7 Å². The van der Waals surface area contributed by atoms with Gasteiger partial charge in [0.2, 0.25) is 0 Å². The molecular formula is C26H24N4O2. The van der Waals surface area contributed by atoms with Gasteiger partial charge in [-0.25, -0.2) is 15.0 Å². The number of aromatic nitrogens is 4. The van der Waals surface area contributed by atoms with E-state index in [9.17, 15) is 0 Å². The van der Waals surface area contributed by atoms with Crippen LogP contribution in [0.3, 0.4) is 0 Å². The van der Waals surface area contributed by atoms with E-state index in [-0.39, 0.29) is 0 Å². The third-order valence-electron chi connectivity index (χ3n) is 5.64. The maximum absolute atomic E-state index is 5.47. The Hall–Kier alpha value is -3.93. The zero-order valence-electron chi connectivity index (χ0n) is 18.4. The predicted octanol–water partition coefficient (Wildman–Crippen LogP) is 5.21. The van der Waals surface area contributed by atoms with E-state index >= 15 is 0 Å². The van der Waals surface area contributed by atoms with Gasteiger partial charge in [-0.2, -0.15) is 0 Å². The maximum atomic E-state index is 5.47. The van der Waals surface area contributed by atoms with Crippen molar-refractivity contribution in [1.29, 1.82) is 0 Å². The van der Waals surface area contributed by atoms with Gasteiger partial charge in [-0.15, -0.1) is 0 Å². The SMILES string of the molecule is COc1ccc(CCn2c(-c3ccc(C)cc3)nc3nc4ccccc4nc32)cc1OC. The summed E-state index contributed by atoms with van der Waals surface area (Å²) in [5, 5.41) is 0. The molecule has 0 fully saturated rings. The van der Waals surface area contributed by atoms with E-state index in [0.717, 1.165) is 51.6 Å². The van der Waals surface area contributed by atoms with Crippen LogP contribution in [0.5, 0.6) is 11.5 Å². The number of para-hydroxylation sites is 2. The Morgan fingerprint density at radius 1 is 0.781 bits per heavy atom. The number of imidazole rings is 1. The van der Waals surface area contributed by atoms with Crippen molar-refractivity contribution in [2.75, 3.05) is 14.2 Å². The summed E-state index contributed by atoms with van der Waals surface area (Å²) in [6.07, 6.45) is 0.791. The number of methoxy groups -OCH3 is 2. The summed E-state index contributed by atoms with van der Waals surface area (Å²) in [5.41, 5.74) is 6.57. The molecule has 160 valence electrons. The van der Waals surface area contributed by atoms with Crippen molar-refractivity contribution in [2.24, 2.45) is 0 Å². The van der Waals surface area contributed by atoms with Gasteiger partial charge in [0.1, 0.15) is 5.82 Å². The highest BCUT2D eigenvalue weighted by Crippen LogP contribution is 2.29. The summed E-state index contributed by atoms with van der Waals surface area (Å²) in [5.74, 6) is 2.32. The predicted molar refractivity (Wildman–Crippen MR) is 126 cm³/mol. The summed E-state index contributed by atoms with van der Waals surface area (Å²) >= 11 is 0. The number of fused-ring (bicyclic) bond motifs is 2. The van der Waals surface area contributed by atoms with Crippen molar-refractivity contribution in [3.63, 3.8) is 0 Å². The molecule has 0 amide bonds. The quantitative estimate of drug-likeness (QED) is 0.374. The standard InChI is InChI=1S/C26H24N4O2/c1-17-8-11-19(12-9-17)25-29-24-26(28-21-7-5-4-6-20(21)27-24)30(25)15-14-18-10-13-22(31-2)23(16-18)32-3/h4-13,16H,14-15H2,1-3H3. The van der Waals surface area contributed by atoms with Gasteiger partial charge in [0.15, 0.2) is 22.8 Å². The molecule has 0 aliphatic carbocycles. The molecule has 5 aromatic rings. The van der Waals surface area contributed by atoms with Crippen molar-refractivity contribution in [3.05, 3.63) is 77.9 Å². The average Bonchev–Trinajstić information content (AvgIpc) is 3.18. The molecule has 0 saturated carbocycles. The molecule has 3 aromatic carbocycles. The van der Waals surface area contributed by atoms with E-state index in [1.165, 1.54) is 5.56 Å². The van der Waals surface area contributed by atoms with Crippen LogP contribution in [0.25, 0.3) is 33.7 Å². The second-order valence-corrected chi connectivity index (χ2v) is 7.75. The third-order valence-corrected chi connectivity index (χ3v) is 5.64. The molecule has 0 N–H and O–H groups in total. The highest BCUT2D eigenvalue weighted by atomic mass is 16.5. The minimum Gasteiger partial charge on any atom is -0.493 e. The summed E-state index contributed by atoms with van der Waals surface area (Å²) in [6.45, 7) is 2.79. The van der Waals surface area contributed by atoms with Gasteiger partial charge in [-0.3, -0.25) is 0 Å². The van der Waals surface area contributed by atoms with E-state index in [1.54, 1.807) is 14.2 Å². The number of rotatable bonds is 6. The van der Waals surface area contributed by atoms with E-state index in [2.05, 4.69) is 41.8 Å². The number of benzene rings is 3. The first-order valence-electron chi connectivity index (χ1n) is 10.6. The van der Waals surface area contributed by atoms with Crippen LogP contribution in [-0.4, -0.2) is 33.7 Å². The number of nitrogens with zero attached hydrogens (tertiary/aromatic N) is 4. The largest absolute Gasteiger partial charge is 0.493 e. The molecule has 0 aliphatic heterocycles. The van der Waals surface area contributed by atoms with Crippen molar-refractivity contribution in [1.82, 2.24) is 19.5 Å². The van der Waals surface area contributed by atoms with E-state index in [0.29, 0.717) is 12.2 Å². The monoisotopic (exact) mass is 424 g/mol. The molecule has 0 spiro atoms. The lowest BCUT2D eigenvalue weighted by atomic mass is 10.1. The van der Waals surface area contributed by atoms with Crippen molar-refractivity contribution in [2.45, 2.75) is 19.9 Å². The summed E-state index contributed by atoms with van der Waals surface area (Å²) in [7, 11) is 3.30. The van der Waals surface area contributed by atoms with Crippen LogP contribution in [0.1, 0.15) is 11.1 Å². The van der Waals surface area contributed by atoms with Gasteiger partial charge in [0.05, 0.1) is 25.3 Å². The fourth-order valence-corrected chi connectivity index (χ4v) is 3.91. The molecule has 0 radical (unpaired) electrons. The fraction of sp³-hybridized carbons (Fsp3) is 0.192. The molecular weight excluding hydrogens is 400 g/mol. The minimum atomic E-state index is 0.659. The zero-order chi connectivity index (χ0) is 22.1. The first-order chi connectivity index (χ1) is 15.7.